The summed E-state index contributed by atoms with van der Waals surface area (Å²) in [5.74, 6) is -0.519. The standard InChI is InChI=1S/C25H25N5O3.C2HF3O2/c1-32-21-7-3-6-20(23(21)33-2)18-8-9-22-27-24(28-30(22)16-18)19-5-4-14-29(15-19)25(31)17-10-12-26-13-11-17;3-2(4,5)1(6)7/h3,6-13,16,19H,4-5,14-15H2,1-2H3;(H,6,7). The summed E-state index contributed by atoms with van der Waals surface area (Å²) in [5, 5.41) is 11.9. The van der Waals surface area contributed by atoms with Gasteiger partial charge in [0.05, 0.1) is 14.2 Å². The SMILES string of the molecule is COc1cccc(-c2ccc3nc(C4CCCN(C(=O)c5ccncc5)C4)nn3c2)c1OC.O=C(O)C(F)(F)F. The summed E-state index contributed by atoms with van der Waals surface area (Å²) < 4.78 is 44.6. The number of aliphatic carboxylic acids is 1. The molecule has 1 aromatic carbocycles. The molecule has 1 amide bonds. The summed E-state index contributed by atoms with van der Waals surface area (Å²) in [4.78, 5) is 32.4. The van der Waals surface area contributed by atoms with E-state index < -0.39 is 12.1 Å². The molecular formula is C27H26F3N5O5. The van der Waals surface area contributed by atoms with Crippen LogP contribution in [0, 0.1) is 0 Å². The van der Waals surface area contributed by atoms with Crippen molar-refractivity contribution >= 4 is 17.5 Å². The number of rotatable bonds is 5. The number of hydrogen-bond donors (Lipinski definition) is 1. The second kappa shape index (κ2) is 12.0. The lowest BCUT2D eigenvalue weighted by atomic mass is 9.97. The highest BCUT2D eigenvalue weighted by molar-refractivity contribution is 5.94. The van der Waals surface area contributed by atoms with Crippen molar-refractivity contribution in [2.24, 2.45) is 0 Å². The number of carbonyl (C=O) groups excluding carboxylic acids is 1. The van der Waals surface area contributed by atoms with Gasteiger partial charge in [0.2, 0.25) is 0 Å². The molecular weight excluding hydrogens is 531 g/mol. The molecule has 1 saturated heterocycles. The summed E-state index contributed by atoms with van der Waals surface area (Å²) in [6.07, 6.45) is 2.03. The molecule has 1 N–H and O–H groups in total. The third-order valence-electron chi connectivity index (χ3n) is 6.30. The van der Waals surface area contributed by atoms with Gasteiger partial charge in [-0.25, -0.2) is 14.3 Å². The van der Waals surface area contributed by atoms with Gasteiger partial charge in [-0.1, -0.05) is 12.1 Å². The van der Waals surface area contributed by atoms with Gasteiger partial charge in [-0.05, 0) is 43.2 Å². The molecule has 210 valence electrons. The number of aromatic nitrogens is 4. The summed E-state index contributed by atoms with van der Waals surface area (Å²) in [7, 11) is 3.26. The van der Waals surface area contributed by atoms with Crippen molar-refractivity contribution in [2.45, 2.75) is 24.9 Å². The van der Waals surface area contributed by atoms with Crippen LogP contribution in [-0.2, 0) is 4.79 Å². The quantitative estimate of drug-likeness (QED) is 0.382. The van der Waals surface area contributed by atoms with E-state index in [1.165, 1.54) is 0 Å². The molecule has 1 aliphatic heterocycles. The first kappa shape index (κ1) is 28.3. The maximum atomic E-state index is 12.9. The van der Waals surface area contributed by atoms with E-state index in [0.717, 1.165) is 42.0 Å². The van der Waals surface area contributed by atoms with Crippen LogP contribution in [0.3, 0.4) is 0 Å². The van der Waals surface area contributed by atoms with Crippen molar-refractivity contribution in [3.05, 3.63) is 72.4 Å². The number of carbonyl (C=O) groups is 2. The molecule has 0 bridgehead atoms. The molecule has 4 heterocycles. The van der Waals surface area contributed by atoms with Crippen molar-refractivity contribution in [3.63, 3.8) is 0 Å². The Labute approximate surface area is 227 Å². The van der Waals surface area contributed by atoms with Crippen LogP contribution in [0.25, 0.3) is 16.8 Å². The van der Waals surface area contributed by atoms with E-state index in [1.807, 2.05) is 41.4 Å². The molecule has 4 aromatic rings. The number of piperidine rings is 1. The molecule has 1 atom stereocenters. The Bertz CT molecular complexity index is 1490. The normalized spacial score (nSPS) is 15.2. The van der Waals surface area contributed by atoms with E-state index in [4.69, 9.17) is 29.5 Å². The number of carboxylic acids is 1. The first-order chi connectivity index (χ1) is 19.1. The minimum atomic E-state index is -5.08. The van der Waals surface area contributed by atoms with E-state index in [-0.39, 0.29) is 11.8 Å². The molecule has 0 aliphatic carbocycles. The van der Waals surface area contributed by atoms with Gasteiger partial charge in [0.15, 0.2) is 23.0 Å². The molecule has 0 saturated carbocycles. The van der Waals surface area contributed by atoms with Crippen LogP contribution in [0.2, 0.25) is 0 Å². The van der Waals surface area contributed by atoms with Gasteiger partial charge in [0.1, 0.15) is 0 Å². The molecule has 0 spiro atoms. The van der Waals surface area contributed by atoms with Crippen molar-refractivity contribution in [1.82, 2.24) is 24.5 Å². The molecule has 0 radical (unpaired) electrons. The van der Waals surface area contributed by atoms with Crippen molar-refractivity contribution in [1.29, 1.82) is 0 Å². The molecule has 3 aromatic heterocycles. The fourth-order valence-corrected chi connectivity index (χ4v) is 4.40. The summed E-state index contributed by atoms with van der Waals surface area (Å²) >= 11 is 0. The van der Waals surface area contributed by atoms with Crippen LogP contribution in [0.5, 0.6) is 11.5 Å². The predicted molar refractivity (Wildman–Crippen MR) is 137 cm³/mol. The molecule has 40 heavy (non-hydrogen) atoms. The third kappa shape index (κ3) is 6.30. The van der Waals surface area contributed by atoms with Crippen LogP contribution < -0.4 is 9.47 Å². The lowest BCUT2D eigenvalue weighted by Crippen LogP contribution is -2.39. The number of fused-ring (bicyclic) bond motifs is 1. The van der Waals surface area contributed by atoms with Crippen molar-refractivity contribution in [2.75, 3.05) is 27.3 Å². The maximum absolute atomic E-state index is 12.9. The van der Waals surface area contributed by atoms with E-state index in [0.29, 0.717) is 23.6 Å². The lowest BCUT2D eigenvalue weighted by Gasteiger charge is -2.31. The van der Waals surface area contributed by atoms with Crippen molar-refractivity contribution < 1.29 is 37.3 Å². The Kier molecular flexibility index (Phi) is 8.51. The zero-order chi connectivity index (χ0) is 28.9. The Morgan fingerprint density at radius 3 is 2.42 bits per heavy atom. The molecule has 1 unspecified atom stereocenters. The number of alkyl halides is 3. The smallest absolute Gasteiger partial charge is 0.490 e. The first-order valence-corrected chi connectivity index (χ1v) is 12.2. The summed E-state index contributed by atoms with van der Waals surface area (Å²) in [6, 6.07) is 13.3. The van der Waals surface area contributed by atoms with Crippen LogP contribution in [0.4, 0.5) is 13.2 Å². The van der Waals surface area contributed by atoms with Gasteiger partial charge in [-0.3, -0.25) is 9.78 Å². The fourth-order valence-electron chi connectivity index (χ4n) is 4.40. The molecule has 5 rings (SSSR count). The van der Waals surface area contributed by atoms with Crippen LogP contribution >= 0.6 is 0 Å². The molecule has 13 heteroatoms. The van der Waals surface area contributed by atoms with Crippen LogP contribution in [0.15, 0.2) is 61.1 Å². The third-order valence-corrected chi connectivity index (χ3v) is 6.30. The Morgan fingerprint density at radius 1 is 1.05 bits per heavy atom. The second-order valence-electron chi connectivity index (χ2n) is 8.86. The minimum absolute atomic E-state index is 0.0262. The fraction of sp³-hybridized carbons (Fsp3) is 0.296. The molecule has 1 aliphatic rings. The largest absolute Gasteiger partial charge is 0.493 e. The zero-order valence-corrected chi connectivity index (χ0v) is 21.6. The number of amides is 1. The number of para-hydroxylation sites is 1. The Balaban J connectivity index is 0.000000470. The van der Waals surface area contributed by atoms with Gasteiger partial charge in [-0.2, -0.15) is 18.3 Å². The van der Waals surface area contributed by atoms with Gasteiger partial charge in [0.25, 0.3) is 5.91 Å². The Morgan fingerprint density at radius 2 is 1.77 bits per heavy atom. The van der Waals surface area contributed by atoms with E-state index >= 15 is 0 Å². The maximum Gasteiger partial charge on any atom is 0.490 e. The number of likely N-dealkylation sites (tertiary alicyclic amines) is 1. The van der Waals surface area contributed by atoms with Crippen LogP contribution in [-0.4, -0.2) is 75.0 Å². The van der Waals surface area contributed by atoms with Crippen molar-refractivity contribution in [3.8, 4) is 22.6 Å². The number of hydrogen-bond acceptors (Lipinski definition) is 7. The van der Waals surface area contributed by atoms with Gasteiger partial charge >= 0.3 is 12.1 Å². The number of benzene rings is 1. The topological polar surface area (TPSA) is 119 Å². The zero-order valence-electron chi connectivity index (χ0n) is 21.6. The molecule has 10 nitrogen and oxygen atoms in total. The summed E-state index contributed by atoms with van der Waals surface area (Å²) in [6.45, 7) is 1.35. The minimum Gasteiger partial charge on any atom is -0.493 e. The predicted octanol–water partition coefficient (Wildman–Crippen LogP) is 4.46. The molecule has 1 fully saturated rings. The van der Waals surface area contributed by atoms with E-state index in [1.54, 1.807) is 43.3 Å². The number of nitrogens with zero attached hydrogens (tertiary/aromatic N) is 5. The Hall–Kier alpha value is -4.68. The van der Waals surface area contributed by atoms with Gasteiger partial charge in [0, 0.05) is 54.3 Å². The van der Waals surface area contributed by atoms with Gasteiger partial charge < -0.3 is 19.5 Å². The lowest BCUT2D eigenvalue weighted by molar-refractivity contribution is -0.192. The highest BCUT2D eigenvalue weighted by atomic mass is 19.4. The van der Waals surface area contributed by atoms with E-state index in [9.17, 15) is 18.0 Å². The van der Waals surface area contributed by atoms with Crippen LogP contribution in [0.1, 0.15) is 34.9 Å². The number of methoxy groups -OCH3 is 2. The summed E-state index contributed by atoms with van der Waals surface area (Å²) in [5.41, 5.74) is 3.30. The number of pyridine rings is 2. The number of ether oxygens (including phenoxy) is 2. The average molecular weight is 558 g/mol. The van der Waals surface area contributed by atoms with E-state index in [2.05, 4.69) is 4.98 Å². The average Bonchev–Trinajstić information content (AvgIpc) is 3.40. The highest BCUT2D eigenvalue weighted by Crippen LogP contribution is 2.38. The second-order valence-corrected chi connectivity index (χ2v) is 8.86. The number of carboxylic acid groups (broad SMARTS) is 1. The van der Waals surface area contributed by atoms with Gasteiger partial charge in [-0.15, -0.1) is 0 Å². The highest BCUT2D eigenvalue weighted by Gasteiger charge is 2.38. The monoisotopic (exact) mass is 557 g/mol. The number of halogens is 3. The first-order valence-electron chi connectivity index (χ1n) is 12.2.